The van der Waals surface area contributed by atoms with Gasteiger partial charge in [0.25, 0.3) is 0 Å². The first kappa shape index (κ1) is 14.0. The molecule has 1 aromatic rings. The van der Waals surface area contributed by atoms with Gasteiger partial charge in [-0.25, -0.2) is 0 Å². The minimum atomic E-state index is -0.186. The Morgan fingerprint density at radius 1 is 1.29 bits per heavy atom. The Bertz CT molecular complexity index is 311. The van der Waals surface area contributed by atoms with E-state index in [9.17, 15) is 0 Å². The summed E-state index contributed by atoms with van der Waals surface area (Å²) in [5, 5.41) is 8.78. The molecule has 0 amide bonds. The lowest BCUT2D eigenvalue weighted by atomic mass is 9.99. The lowest BCUT2D eigenvalue weighted by Gasteiger charge is -2.12. The fraction of sp³-hybridized carbons (Fsp3) is 0.571. The number of hydrogen-bond donors (Lipinski definition) is 2. The maximum absolute atomic E-state index is 8.78. The summed E-state index contributed by atoms with van der Waals surface area (Å²) >= 11 is 0. The maximum Gasteiger partial charge on any atom is 0.119 e. The second-order valence-electron chi connectivity index (χ2n) is 4.46. The molecule has 1 rings (SSSR count). The van der Waals surface area contributed by atoms with Crippen LogP contribution in [0.3, 0.4) is 0 Å². The number of ether oxygens (including phenoxy) is 1. The van der Waals surface area contributed by atoms with E-state index in [0.717, 1.165) is 12.2 Å². The lowest BCUT2D eigenvalue weighted by Crippen LogP contribution is -2.26. The molecule has 0 heterocycles. The van der Waals surface area contributed by atoms with Gasteiger partial charge in [0.05, 0.1) is 13.2 Å². The van der Waals surface area contributed by atoms with Crippen molar-refractivity contribution in [2.45, 2.75) is 38.6 Å². The Morgan fingerprint density at radius 3 is 2.47 bits per heavy atom. The normalized spacial score (nSPS) is 14.4. The zero-order valence-corrected chi connectivity index (χ0v) is 10.7. The molecule has 2 unspecified atom stereocenters. The zero-order valence-electron chi connectivity index (χ0n) is 10.7. The van der Waals surface area contributed by atoms with Gasteiger partial charge in [0.1, 0.15) is 5.75 Å². The Morgan fingerprint density at radius 2 is 1.94 bits per heavy atom. The van der Waals surface area contributed by atoms with E-state index >= 15 is 0 Å². The summed E-state index contributed by atoms with van der Waals surface area (Å²) in [7, 11) is 0. The van der Waals surface area contributed by atoms with E-state index in [0.29, 0.717) is 18.9 Å². The van der Waals surface area contributed by atoms with Gasteiger partial charge < -0.3 is 15.6 Å². The van der Waals surface area contributed by atoms with Crippen LogP contribution in [-0.2, 0) is 0 Å². The molecule has 0 aliphatic heterocycles. The highest BCUT2D eigenvalue weighted by Crippen LogP contribution is 2.21. The van der Waals surface area contributed by atoms with Crippen molar-refractivity contribution in [3.8, 4) is 5.75 Å². The fourth-order valence-electron chi connectivity index (χ4n) is 1.55. The monoisotopic (exact) mass is 237 g/mol. The summed E-state index contributed by atoms with van der Waals surface area (Å²) in [6, 6.07) is 8.01. The number of aliphatic hydroxyl groups excluding tert-OH is 1. The van der Waals surface area contributed by atoms with Crippen molar-refractivity contribution >= 4 is 0 Å². The molecular formula is C14H23NO2. The molecule has 2 atom stereocenters. The maximum atomic E-state index is 8.78. The van der Waals surface area contributed by atoms with Crippen LogP contribution in [0.5, 0.6) is 5.75 Å². The SMILES string of the molecule is CCC(C)c1ccc(OCCC(N)CO)cc1. The van der Waals surface area contributed by atoms with Gasteiger partial charge >= 0.3 is 0 Å². The molecule has 1 aromatic carbocycles. The average Bonchev–Trinajstić information content (AvgIpc) is 2.38. The molecule has 0 saturated carbocycles. The van der Waals surface area contributed by atoms with Crippen LogP contribution in [0.25, 0.3) is 0 Å². The van der Waals surface area contributed by atoms with Gasteiger partial charge in [0, 0.05) is 6.04 Å². The summed E-state index contributed by atoms with van der Waals surface area (Å²) in [4.78, 5) is 0. The summed E-state index contributed by atoms with van der Waals surface area (Å²) in [6.07, 6.45) is 1.81. The Hall–Kier alpha value is -1.06. The largest absolute Gasteiger partial charge is 0.494 e. The first-order valence-corrected chi connectivity index (χ1v) is 6.26. The number of nitrogens with two attached hydrogens (primary N) is 1. The van der Waals surface area contributed by atoms with Gasteiger partial charge in [-0.2, -0.15) is 0 Å². The van der Waals surface area contributed by atoms with E-state index in [1.165, 1.54) is 5.56 Å². The summed E-state index contributed by atoms with van der Waals surface area (Å²) in [5.41, 5.74) is 6.93. The van der Waals surface area contributed by atoms with E-state index in [4.69, 9.17) is 15.6 Å². The van der Waals surface area contributed by atoms with Crippen molar-refractivity contribution in [3.63, 3.8) is 0 Å². The first-order chi connectivity index (χ1) is 8.17. The molecule has 17 heavy (non-hydrogen) atoms. The van der Waals surface area contributed by atoms with Gasteiger partial charge in [-0.1, -0.05) is 26.0 Å². The fourth-order valence-corrected chi connectivity index (χ4v) is 1.55. The topological polar surface area (TPSA) is 55.5 Å². The van der Waals surface area contributed by atoms with Gasteiger partial charge in [-0.3, -0.25) is 0 Å². The van der Waals surface area contributed by atoms with Gasteiger partial charge in [-0.05, 0) is 36.5 Å². The lowest BCUT2D eigenvalue weighted by molar-refractivity contribution is 0.230. The molecule has 0 fully saturated rings. The summed E-state index contributed by atoms with van der Waals surface area (Å²) in [5.74, 6) is 1.45. The Labute approximate surface area is 104 Å². The molecule has 0 aliphatic rings. The summed E-state index contributed by atoms with van der Waals surface area (Å²) < 4.78 is 5.56. The van der Waals surface area contributed by atoms with Crippen LogP contribution in [0.4, 0.5) is 0 Å². The predicted molar refractivity (Wildman–Crippen MR) is 70.3 cm³/mol. The van der Waals surface area contributed by atoms with Gasteiger partial charge in [-0.15, -0.1) is 0 Å². The van der Waals surface area contributed by atoms with Crippen LogP contribution < -0.4 is 10.5 Å². The standard InChI is InChI=1S/C14H23NO2/c1-3-11(2)12-4-6-14(7-5-12)17-9-8-13(15)10-16/h4-7,11,13,16H,3,8-10,15H2,1-2H3. The number of rotatable bonds is 7. The van der Waals surface area contributed by atoms with Crippen molar-refractivity contribution in [2.24, 2.45) is 5.73 Å². The van der Waals surface area contributed by atoms with Crippen LogP contribution in [0, 0.1) is 0 Å². The minimum absolute atomic E-state index is 0.0102. The highest BCUT2D eigenvalue weighted by atomic mass is 16.5. The molecular weight excluding hydrogens is 214 g/mol. The minimum Gasteiger partial charge on any atom is -0.494 e. The third kappa shape index (κ3) is 4.75. The second-order valence-corrected chi connectivity index (χ2v) is 4.46. The molecule has 0 radical (unpaired) electrons. The van der Waals surface area contributed by atoms with Crippen LogP contribution in [-0.4, -0.2) is 24.4 Å². The number of benzene rings is 1. The molecule has 0 bridgehead atoms. The number of aliphatic hydroxyl groups is 1. The van der Waals surface area contributed by atoms with E-state index in [2.05, 4.69) is 26.0 Å². The molecule has 0 spiro atoms. The Kier molecular flexibility index (Phi) is 6.01. The Balaban J connectivity index is 2.40. The first-order valence-electron chi connectivity index (χ1n) is 6.26. The van der Waals surface area contributed by atoms with Crippen molar-refractivity contribution in [1.29, 1.82) is 0 Å². The summed E-state index contributed by atoms with van der Waals surface area (Å²) in [6.45, 7) is 4.96. The average molecular weight is 237 g/mol. The van der Waals surface area contributed by atoms with Gasteiger partial charge in [0.2, 0.25) is 0 Å². The van der Waals surface area contributed by atoms with Crippen molar-refractivity contribution < 1.29 is 9.84 Å². The molecule has 96 valence electrons. The molecule has 0 aliphatic carbocycles. The van der Waals surface area contributed by atoms with Crippen molar-refractivity contribution in [3.05, 3.63) is 29.8 Å². The molecule has 3 nitrogen and oxygen atoms in total. The van der Waals surface area contributed by atoms with Crippen LogP contribution >= 0.6 is 0 Å². The third-order valence-corrected chi connectivity index (χ3v) is 3.05. The predicted octanol–water partition coefficient (Wildman–Crippen LogP) is 2.29. The van der Waals surface area contributed by atoms with E-state index in [1.54, 1.807) is 0 Å². The molecule has 0 saturated heterocycles. The molecule has 3 heteroatoms. The third-order valence-electron chi connectivity index (χ3n) is 3.05. The van der Waals surface area contributed by atoms with E-state index in [-0.39, 0.29) is 12.6 Å². The number of hydrogen-bond acceptors (Lipinski definition) is 3. The molecule has 3 N–H and O–H groups in total. The van der Waals surface area contributed by atoms with E-state index < -0.39 is 0 Å². The van der Waals surface area contributed by atoms with Crippen LogP contribution in [0.15, 0.2) is 24.3 Å². The quantitative estimate of drug-likeness (QED) is 0.765. The second kappa shape index (κ2) is 7.30. The molecule has 0 aromatic heterocycles. The van der Waals surface area contributed by atoms with Crippen molar-refractivity contribution in [2.75, 3.05) is 13.2 Å². The zero-order chi connectivity index (χ0) is 12.7. The highest BCUT2D eigenvalue weighted by Gasteiger charge is 2.03. The van der Waals surface area contributed by atoms with Gasteiger partial charge in [0.15, 0.2) is 0 Å². The smallest absolute Gasteiger partial charge is 0.119 e. The van der Waals surface area contributed by atoms with Crippen molar-refractivity contribution in [1.82, 2.24) is 0 Å². The van der Waals surface area contributed by atoms with Crippen LogP contribution in [0.2, 0.25) is 0 Å². The van der Waals surface area contributed by atoms with Crippen LogP contribution in [0.1, 0.15) is 38.2 Å². The highest BCUT2D eigenvalue weighted by molar-refractivity contribution is 5.29. The van der Waals surface area contributed by atoms with E-state index in [1.807, 2.05) is 12.1 Å².